The number of anilines is 1. The molecule has 1 aliphatic rings. The SMILES string of the molecule is N#CCc1ccc(NC=C2C(=O)NC(=O)c3ccc(-c4ccc(C#N)cc4)cc32)cc1. The lowest BCUT2D eigenvalue weighted by Gasteiger charge is -2.19. The second kappa shape index (κ2) is 8.36. The highest BCUT2D eigenvalue weighted by molar-refractivity contribution is 6.31. The number of rotatable bonds is 4. The molecule has 148 valence electrons. The molecule has 0 aromatic heterocycles. The fraction of sp³-hybridized carbons (Fsp3) is 0.0400. The predicted octanol–water partition coefficient (Wildman–Crippen LogP) is 4.01. The number of hydrogen-bond donors (Lipinski definition) is 2. The van der Waals surface area contributed by atoms with Gasteiger partial charge >= 0.3 is 0 Å². The number of carbonyl (C=O) groups is 2. The summed E-state index contributed by atoms with van der Waals surface area (Å²) < 4.78 is 0. The zero-order valence-electron chi connectivity index (χ0n) is 16.3. The van der Waals surface area contributed by atoms with Crippen molar-refractivity contribution in [2.75, 3.05) is 5.32 Å². The molecule has 31 heavy (non-hydrogen) atoms. The minimum atomic E-state index is -0.483. The van der Waals surface area contributed by atoms with Crippen molar-refractivity contribution in [3.63, 3.8) is 0 Å². The fourth-order valence-corrected chi connectivity index (χ4v) is 3.35. The van der Waals surface area contributed by atoms with Crippen molar-refractivity contribution in [2.45, 2.75) is 6.42 Å². The summed E-state index contributed by atoms with van der Waals surface area (Å²) in [5.41, 5.74) is 5.20. The smallest absolute Gasteiger partial charge is 0.260 e. The molecule has 0 aliphatic carbocycles. The highest BCUT2D eigenvalue weighted by Gasteiger charge is 2.27. The van der Waals surface area contributed by atoms with Gasteiger partial charge in [-0.25, -0.2) is 0 Å². The normalized spacial score (nSPS) is 13.7. The molecule has 1 heterocycles. The van der Waals surface area contributed by atoms with Crippen LogP contribution in [0.1, 0.15) is 27.0 Å². The number of fused-ring (bicyclic) bond motifs is 1. The average Bonchev–Trinajstić information content (AvgIpc) is 2.80. The number of hydrogen-bond acceptors (Lipinski definition) is 5. The van der Waals surface area contributed by atoms with Gasteiger partial charge in [-0.1, -0.05) is 30.3 Å². The summed E-state index contributed by atoms with van der Waals surface area (Å²) in [6.45, 7) is 0. The van der Waals surface area contributed by atoms with Gasteiger partial charge in [-0.3, -0.25) is 14.9 Å². The molecule has 6 nitrogen and oxygen atoms in total. The van der Waals surface area contributed by atoms with Crippen LogP contribution in [-0.4, -0.2) is 11.8 Å². The maximum absolute atomic E-state index is 12.5. The van der Waals surface area contributed by atoms with Crippen molar-refractivity contribution in [2.24, 2.45) is 0 Å². The Morgan fingerprint density at radius 1 is 0.839 bits per heavy atom. The summed E-state index contributed by atoms with van der Waals surface area (Å²) in [5.74, 6) is -0.924. The first-order chi connectivity index (χ1) is 15.1. The van der Waals surface area contributed by atoms with Gasteiger partial charge in [0.05, 0.1) is 29.7 Å². The lowest BCUT2D eigenvalue weighted by atomic mass is 9.91. The Morgan fingerprint density at radius 3 is 2.23 bits per heavy atom. The summed E-state index contributed by atoms with van der Waals surface area (Å²) in [4.78, 5) is 24.9. The summed E-state index contributed by atoms with van der Waals surface area (Å²) in [5, 5.41) is 23.2. The number of nitrogens with zero attached hydrogens (tertiary/aromatic N) is 2. The number of nitriles is 2. The third-order valence-electron chi connectivity index (χ3n) is 4.99. The molecule has 3 aromatic carbocycles. The molecule has 0 saturated carbocycles. The molecule has 3 aromatic rings. The van der Waals surface area contributed by atoms with Gasteiger partial charge in [-0.05, 0) is 53.1 Å². The van der Waals surface area contributed by atoms with Crippen molar-refractivity contribution < 1.29 is 9.59 Å². The van der Waals surface area contributed by atoms with Gasteiger partial charge in [0.25, 0.3) is 11.8 Å². The van der Waals surface area contributed by atoms with Gasteiger partial charge in [0, 0.05) is 23.0 Å². The zero-order valence-corrected chi connectivity index (χ0v) is 16.3. The van der Waals surface area contributed by atoms with Crippen molar-refractivity contribution in [1.29, 1.82) is 10.5 Å². The molecule has 6 heteroatoms. The molecule has 0 saturated heterocycles. The Hall–Kier alpha value is -4.68. The van der Waals surface area contributed by atoms with Crippen molar-refractivity contribution in [3.8, 4) is 23.3 Å². The van der Waals surface area contributed by atoms with E-state index < -0.39 is 11.8 Å². The molecular weight excluding hydrogens is 388 g/mol. The average molecular weight is 404 g/mol. The van der Waals surface area contributed by atoms with Gasteiger partial charge in [-0.2, -0.15) is 10.5 Å². The molecule has 0 bridgehead atoms. The Morgan fingerprint density at radius 2 is 1.55 bits per heavy atom. The summed E-state index contributed by atoms with van der Waals surface area (Å²) >= 11 is 0. The van der Waals surface area contributed by atoms with Crippen LogP contribution in [0.3, 0.4) is 0 Å². The minimum absolute atomic E-state index is 0.331. The molecule has 0 atom stereocenters. The zero-order chi connectivity index (χ0) is 21.8. The summed E-state index contributed by atoms with van der Waals surface area (Å²) in [6.07, 6.45) is 1.90. The standard InChI is InChI=1S/C25H16N4O2/c26-12-11-16-3-8-20(9-4-16)28-15-23-22-13-19(18-5-1-17(14-27)2-6-18)7-10-21(22)24(30)29-25(23)31/h1-10,13,15,28H,11H2,(H,29,30,31). The second-order valence-corrected chi connectivity index (χ2v) is 6.97. The van der Waals surface area contributed by atoms with E-state index in [-0.39, 0.29) is 0 Å². The Kier molecular flexibility index (Phi) is 5.29. The van der Waals surface area contributed by atoms with Crippen LogP contribution in [0.25, 0.3) is 16.7 Å². The van der Waals surface area contributed by atoms with Crippen LogP contribution in [0.5, 0.6) is 0 Å². The Labute approximate surface area is 179 Å². The van der Waals surface area contributed by atoms with Crippen molar-refractivity contribution in [1.82, 2.24) is 5.32 Å². The van der Waals surface area contributed by atoms with E-state index in [4.69, 9.17) is 10.5 Å². The lowest BCUT2D eigenvalue weighted by molar-refractivity contribution is -0.114. The maximum Gasteiger partial charge on any atom is 0.260 e. The summed E-state index contributed by atoms with van der Waals surface area (Å²) in [6, 6.07) is 23.9. The topological polar surface area (TPSA) is 106 Å². The number of carbonyl (C=O) groups excluding carboxylic acids is 2. The third kappa shape index (κ3) is 4.05. The fourth-order valence-electron chi connectivity index (χ4n) is 3.35. The van der Waals surface area contributed by atoms with Crippen LogP contribution in [-0.2, 0) is 11.2 Å². The summed E-state index contributed by atoms with van der Waals surface area (Å²) in [7, 11) is 0. The molecule has 0 unspecified atom stereocenters. The Bertz CT molecular complexity index is 1290. The first kappa shape index (κ1) is 19.6. The van der Waals surface area contributed by atoms with Crippen LogP contribution in [0.4, 0.5) is 5.69 Å². The van der Waals surface area contributed by atoms with Crippen LogP contribution < -0.4 is 10.6 Å². The van der Waals surface area contributed by atoms with Gasteiger partial charge in [-0.15, -0.1) is 0 Å². The Balaban J connectivity index is 1.69. The third-order valence-corrected chi connectivity index (χ3v) is 4.99. The first-order valence-corrected chi connectivity index (χ1v) is 9.52. The highest BCUT2D eigenvalue weighted by Crippen LogP contribution is 2.30. The van der Waals surface area contributed by atoms with Gasteiger partial charge in [0.1, 0.15) is 0 Å². The van der Waals surface area contributed by atoms with Crippen molar-refractivity contribution in [3.05, 3.63) is 95.2 Å². The van der Waals surface area contributed by atoms with E-state index in [1.165, 1.54) is 0 Å². The lowest BCUT2D eigenvalue weighted by Crippen LogP contribution is -2.36. The first-order valence-electron chi connectivity index (χ1n) is 9.52. The van der Waals surface area contributed by atoms with E-state index in [0.717, 1.165) is 22.4 Å². The molecule has 0 fully saturated rings. The van der Waals surface area contributed by atoms with Gasteiger partial charge in [0.15, 0.2) is 0 Å². The molecular formula is C25H16N4O2. The molecule has 0 spiro atoms. The minimum Gasteiger partial charge on any atom is -0.361 e. The van der Waals surface area contributed by atoms with E-state index >= 15 is 0 Å². The van der Waals surface area contributed by atoms with Crippen LogP contribution in [0.2, 0.25) is 0 Å². The predicted molar refractivity (Wildman–Crippen MR) is 116 cm³/mol. The molecule has 0 radical (unpaired) electrons. The molecule has 2 amide bonds. The monoisotopic (exact) mass is 404 g/mol. The number of imide groups is 1. The number of nitrogens with one attached hydrogen (secondary N) is 2. The number of benzene rings is 3. The van der Waals surface area contributed by atoms with E-state index in [1.54, 1.807) is 30.5 Å². The van der Waals surface area contributed by atoms with Crippen LogP contribution >= 0.6 is 0 Å². The highest BCUT2D eigenvalue weighted by atomic mass is 16.2. The molecule has 2 N–H and O–H groups in total. The van der Waals surface area contributed by atoms with Gasteiger partial charge in [0.2, 0.25) is 0 Å². The van der Waals surface area contributed by atoms with E-state index in [2.05, 4.69) is 22.8 Å². The van der Waals surface area contributed by atoms with E-state index in [9.17, 15) is 9.59 Å². The van der Waals surface area contributed by atoms with Gasteiger partial charge < -0.3 is 5.32 Å². The maximum atomic E-state index is 12.5. The van der Waals surface area contributed by atoms with E-state index in [1.807, 2.05) is 42.5 Å². The molecule has 1 aliphatic heterocycles. The number of amides is 2. The quantitative estimate of drug-likeness (QED) is 0.505. The van der Waals surface area contributed by atoms with Crippen LogP contribution in [0.15, 0.2) is 72.9 Å². The molecule has 4 rings (SSSR count). The van der Waals surface area contributed by atoms with Crippen molar-refractivity contribution >= 4 is 23.1 Å². The second-order valence-electron chi connectivity index (χ2n) is 6.97. The van der Waals surface area contributed by atoms with Crippen LogP contribution in [0, 0.1) is 22.7 Å². The van der Waals surface area contributed by atoms with E-state index in [0.29, 0.717) is 28.7 Å². The largest absolute Gasteiger partial charge is 0.361 e.